The summed E-state index contributed by atoms with van der Waals surface area (Å²) >= 11 is 0. The monoisotopic (exact) mass is 299 g/mol. The number of halogens is 1. The van der Waals surface area contributed by atoms with E-state index in [1.54, 1.807) is 0 Å². The van der Waals surface area contributed by atoms with E-state index in [0.29, 0.717) is 12.3 Å². The lowest BCUT2D eigenvalue weighted by molar-refractivity contribution is 0.296. The Balaban J connectivity index is 1.66. The van der Waals surface area contributed by atoms with Crippen molar-refractivity contribution >= 4 is 0 Å². The number of alkyl halides is 1. The molecule has 2 rings (SSSR count). The van der Waals surface area contributed by atoms with Crippen LogP contribution in [-0.2, 0) is 6.42 Å². The molecule has 1 nitrogen and oxygen atoms in total. The standard InChI is InChI=1S/C20H26FN/c21-15-3-1-2-4-17-5-7-18(8-6-17)9-10-19-11-13-20(16-22)14-12-19/h2,4,11-14,17-18H,1,3,5-10,15H2/b4-2+. The topological polar surface area (TPSA) is 23.8 Å². The zero-order valence-corrected chi connectivity index (χ0v) is 13.3. The highest BCUT2D eigenvalue weighted by atomic mass is 19.1. The van der Waals surface area contributed by atoms with Gasteiger partial charge in [0.15, 0.2) is 0 Å². The van der Waals surface area contributed by atoms with Gasteiger partial charge in [0.05, 0.1) is 18.3 Å². The SMILES string of the molecule is N#Cc1ccc(CCC2CCC(/C=C/CCCF)CC2)cc1. The van der Waals surface area contributed by atoms with Crippen molar-refractivity contribution in [2.75, 3.05) is 6.67 Å². The summed E-state index contributed by atoms with van der Waals surface area (Å²) in [7, 11) is 0. The minimum atomic E-state index is -0.202. The molecule has 1 saturated carbocycles. The van der Waals surface area contributed by atoms with Crippen molar-refractivity contribution in [1.82, 2.24) is 0 Å². The highest BCUT2D eigenvalue weighted by Crippen LogP contribution is 2.32. The van der Waals surface area contributed by atoms with Gasteiger partial charge in [-0.1, -0.05) is 24.3 Å². The van der Waals surface area contributed by atoms with Crippen molar-refractivity contribution in [2.24, 2.45) is 11.8 Å². The molecule has 0 N–H and O–H groups in total. The second kappa shape index (κ2) is 9.41. The molecule has 22 heavy (non-hydrogen) atoms. The average molecular weight is 299 g/mol. The minimum absolute atomic E-state index is 0.202. The van der Waals surface area contributed by atoms with Gasteiger partial charge < -0.3 is 0 Å². The highest BCUT2D eigenvalue weighted by molar-refractivity contribution is 5.31. The van der Waals surface area contributed by atoms with Crippen molar-refractivity contribution in [2.45, 2.75) is 51.4 Å². The van der Waals surface area contributed by atoms with Gasteiger partial charge in [-0.2, -0.15) is 5.26 Å². The molecule has 0 aliphatic heterocycles. The maximum atomic E-state index is 12.0. The first-order chi connectivity index (χ1) is 10.8. The maximum absolute atomic E-state index is 12.0. The fourth-order valence-electron chi connectivity index (χ4n) is 3.27. The number of nitriles is 1. The van der Waals surface area contributed by atoms with Crippen LogP contribution in [0.5, 0.6) is 0 Å². The zero-order valence-electron chi connectivity index (χ0n) is 13.3. The minimum Gasteiger partial charge on any atom is -0.251 e. The predicted octanol–water partition coefficient (Wildman–Crippen LogP) is 5.60. The summed E-state index contributed by atoms with van der Waals surface area (Å²) in [6, 6.07) is 10.1. The Hall–Kier alpha value is -1.62. The van der Waals surface area contributed by atoms with Crippen molar-refractivity contribution in [1.29, 1.82) is 5.26 Å². The number of unbranched alkanes of at least 4 members (excludes halogenated alkanes) is 1. The van der Waals surface area contributed by atoms with Gasteiger partial charge in [0.1, 0.15) is 0 Å². The summed E-state index contributed by atoms with van der Waals surface area (Å²) in [6.07, 6.45) is 13.6. The number of hydrogen-bond donors (Lipinski definition) is 0. The third-order valence-electron chi connectivity index (χ3n) is 4.73. The molecule has 0 heterocycles. The Labute approximate surface area is 133 Å². The first-order valence-corrected chi connectivity index (χ1v) is 8.53. The van der Waals surface area contributed by atoms with E-state index < -0.39 is 0 Å². The van der Waals surface area contributed by atoms with Crippen LogP contribution in [0.4, 0.5) is 4.39 Å². The molecule has 1 aromatic carbocycles. The predicted molar refractivity (Wildman–Crippen MR) is 89.3 cm³/mol. The third kappa shape index (κ3) is 5.64. The molecule has 0 atom stereocenters. The first-order valence-electron chi connectivity index (χ1n) is 8.53. The van der Waals surface area contributed by atoms with Crippen LogP contribution in [0.3, 0.4) is 0 Å². The summed E-state index contributed by atoms with van der Waals surface area (Å²) < 4.78 is 12.0. The summed E-state index contributed by atoms with van der Waals surface area (Å²) in [5.41, 5.74) is 2.08. The van der Waals surface area contributed by atoms with Gasteiger partial charge in [0, 0.05) is 0 Å². The first kappa shape index (κ1) is 16.7. The van der Waals surface area contributed by atoms with Gasteiger partial charge in [-0.05, 0) is 80.9 Å². The van der Waals surface area contributed by atoms with Gasteiger partial charge >= 0.3 is 0 Å². The Morgan fingerprint density at radius 1 is 1.14 bits per heavy atom. The quantitative estimate of drug-likeness (QED) is 0.474. The van der Waals surface area contributed by atoms with E-state index in [9.17, 15) is 4.39 Å². The van der Waals surface area contributed by atoms with Crippen molar-refractivity contribution in [3.63, 3.8) is 0 Å². The van der Waals surface area contributed by atoms with E-state index in [1.165, 1.54) is 37.7 Å². The van der Waals surface area contributed by atoms with Crippen LogP contribution < -0.4 is 0 Å². The number of nitrogens with zero attached hydrogens (tertiary/aromatic N) is 1. The highest BCUT2D eigenvalue weighted by Gasteiger charge is 2.19. The molecule has 1 aliphatic rings. The average Bonchev–Trinajstić information content (AvgIpc) is 2.58. The molecule has 0 saturated heterocycles. The van der Waals surface area contributed by atoms with E-state index in [2.05, 4.69) is 30.4 Å². The summed E-state index contributed by atoms with van der Waals surface area (Å²) in [4.78, 5) is 0. The molecule has 1 fully saturated rings. The lowest BCUT2D eigenvalue weighted by Gasteiger charge is -2.26. The molecule has 0 unspecified atom stereocenters. The Morgan fingerprint density at radius 3 is 2.50 bits per heavy atom. The van der Waals surface area contributed by atoms with E-state index in [0.717, 1.165) is 24.3 Å². The van der Waals surface area contributed by atoms with Crippen LogP contribution in [0, 0.1) is 23.2 Å². The Morgan fingerprint density at radius 2 is 1.86 bits per heavy atom. The molecule has 0 aromatic heterocycles. The number of allylic oxidation sites excluding steroid dienone is 2. The lowest BCUT2D eigenvalue weighted by atomic mass is 9.79. The van der Waals surface area contributed by atoms with Gasteiger partial charge in [-0.25, -0.2) is 0 Å². The fraction of sp³-hybridized carbons (Fsp3) is 0.550. The van der Waals surface area contributed by atoms with Crippen LogP contribution in [0.15, 0.2) is 36.4 Å². The van der Waals surface area contributed by atoms with E-state index >= 15 is 0 Å². The summed E-state index contributed by atoms with van der Waals surface area (Å²) in [5.74, 6) is 1.55. The van der Waals surface area contributed by atoms with Gasteiger partial charge in [-0.15, -0.1) is 0 Å². The van der Waals surface area contributed by atoms with E-state index in [-0.39, 0.29) is 6.67 Å². The van der Waals surface area contributed by atoms with Crippen LogP contribution in [0.1, 0.15) is 56.1 Å². The molecule has 0 spiro atoms. The van der Waals surface area contributed by atoms with Crippen LogP contribution in [-0.4, -0.2) is 6.67 Å². The molecular formula is C20H26FN. The van der Waals surface area contributed by atoms with Crippen LogP contribution >= 0.6 is 0 Å². The van der Waals surface area contributed by atoms with Crippen LogP contribution in [0.2, 0.25) is 0 Å². The van der Waals surface area contributed by atoms with Crippen molar-refractivity contribution < 1.29 is 4.39 Å². The smallest absolute Gasteiger partial charge is 0.0991 e. The van der Waals surface area contributed by atoms with Crippen molar-refractivity contribution in [3.05, 3.63) is 47.5 Å². The molecule has 0 radical (unpaired) electrons. The van der Waals surface area contributed by atoms with Crippen molar-refractivity contribution in [3.8, 4) is 6.07 Å². The van der Waals surface area contributed by atoms with Gasteiger partial charge in [0.2, 0.25) is 0 Å². The number of hydrogen-bond acceptors (Lipinski definition) is 1. The molecule has 0 amide bonds. The fourth-order valence-corrected chi connectivity index (χ4v) is 3.27. The second-order valence-electron chi connectivity index (χ2n) is 6.39. The molecule has 2 heteroatoms. The Bertz CT molecular complexity index is 489. The summed E-state index contributed by atoms with van der Waals surface area (Å²) in [5, 5.41) is 8.80. The number of rotatable bonds is 7. The van der Waals surface area contributed by atoms with Gasteiger partial charge in [0.25, 0.3) is 0 Å². The normalized spacial score (nSPS) is 21.8. The molecular weight excluding hydrogens is 273 g/mol. The van der Waals surface area contributed by atoms with E-state index in [4.69, 9.17) is 5.26 Å². The Kier molecular flexibility index (Phi) is 7.16. The zero-order chi connectivity index (χ0) is 15.6. The van der Waals surface area contributed by atoms with Gasteiger partial charge in [-0.3, -0.25) is 4.39 Å². The lowest BCUT2D eigenvalue weighted by Crippen LogP contribution is -2.13. The van der Waals surface area contributed by atoms with E-state index in [1.807, 2.05) is 12.1 Å². The molecule has 1 aromatic rings. The number of benzene rings is 1. The third-order valence-corrected chi connectivity index (χ3v) is 4.73. The molecule has 1 aliphatic carbocycles. The largest absolute Gasteiger partial charge is 0.251 e. The second-order valence-corrected chi connectivity index (χ2v) is 6.39. The maximum Gasteiger partial charge on any atom is 0.0991 e. The molecule has 0 bridgehead atoms. The molecule has 118 valence electrons. The number of aryl methyl sites for hydroxylation is 1. The summed E-state index contributed by atoms with van der Waals surface area (Å²) in [6.45, 7) is -0.202. The van der Waals surface area contributed by atoms with Crippen LogP contribution in [0.25, 0.3) is 0 Å².